The first-order valence-corrected chi connectivity index (χ1v) is 22.5. The molecular weight excluding hydrogens is 668 g/mol. The number of aliphatic carboxylic acids is 4. The number of rotatable bonds is 37. The molecule has 0 bridgehead atoms. The van der Waals surface area contributed by atoms with Crippen LogP contribution in [0.4, 0.5) is 0 Å². The van der Waals surface area contributed by atoms with Crippen molar-refractivity contribution in [2.45, 2.75) is 265 Å². The molecule has 0 atom stereocenters. The molecule has 0 aromatic heterocycles. The zero-order chi connectivity index (χ0) is 40.5. The van der Waals surface area contributed by atoms with Crippen LogP contribution in [0.15, 0.2) is 0 Å². The van der Waals surface area contributed by atoms with Crippen LogP contribution in [0.25, 0.3) is 0 Å². The van der Waals surface area contributed by atoms with Crippen LogP contribution in [0.1, 0.15) is 265 Å². The first kappa shape index (κ1) is 57.6. The summed E-state index contributed by atoms with van der Waals surface area (Å²) in [6, 6.07) is 0. The number of carboxylic acids is 4. The highest BCUT2D eigenvalue weighted by Crippen LogP contribution is 2.15. The third-order valence-corrected chi connectivity index (χ3v) is 9.23. The van der Waals surface area contributed by atoms with Gasteiger partial charge in [-0.3, -0.25) is 19.2 Å². The summed E-state index contributed by atoms with van der Waals surface area (Å²) in [7, 11) is 0. The molecule has 8 heteroatoms. The van der Waals surface area contributed by atoms with E-state index in [4.69, 9.17) is 20.4 Å². The van der Waals surface area contributed by atoms with E-state index in [2.05, 4.69) is 27.7 Å². The van der Waals surface area contributed by atoms with E-state index < -0.39 is 23.9 Å². The summed E-state index contributed by atoms with van der Waals surface area (Å²) >= 11 is 0. The molecule has 0 saturated carbocycles. The summed E-state index contributed by atoms with van der Waals surface area (Å²) in [5.41, 5.74) is 0. The molecular formula is C45H90O8. The van der Waals surface area contributed by atoms with Gasteiger partial charge in [-0.15, -0.1) is 0 Å². The number of unbranched alkanes of at least 4 members (excludes halogenated alkanes) is 29. The predicted molar refractivity (Wildman–Crippen MR) is 224 cm³/mol. The second-order valence-electron chi connectivity index (χ2n) is 14.8. The average Bonchev–Trinajstić information content (AvgIpc) is 3.11. The standard InChI is InChI=1S/C22H44O2.2C8H16O2.C7H14O2/c1-2-3-4-5-6-7-8-9-10-11-12-13-14-15-16-17-18-19-20-21-22(23)24;2*1-2-3-4-5-6-7-8(9)10;1-2-3-4-5-6-7(8)9/h2-21H2,1H3,(H,23,24);2*2-7H2,1H3,(H,9,10);2-6H2,1H3,(H,8,9). The van der Waals surface area contributed by atoms with Gasteiger partial charge in [-0.1, -0.05) is 214 Å². The molecule has 53 heavy (non-hydrogen) atoms. The van der Waals surface area contributed by atoms with Crippen molar-refractivity contribution >= 4 is 23.9 Å². The topological polar surface area (TPSA) is 149 Å². The van der Waals surface area contributed by atoms with Crippen LogP contribution in [-0.4, -0.2) is 44.3 Å². The van der Waals surface area contributed by atoms with Gasteiger partial charge in [0.2, 0.25) is 0 Å². The van der Waals surface area contributed by atoms with E-state index in [0.29, 0.717) is 25.7 Å². The average molecular weight is 759 g/mol. The van der Waals surface area contributed by atoms with Crippen LogP contribution in [0.5, 0.6) is 0 Å². The molecule has 0 radical (unpaired) electrons. The summed E-state index contributed by atoms with van der Waals surface area (Å²) in [6.45, 7) is 8.69. The lowest BCUT2D eigenvalue weighted by molar-refractivity contribution is -0.138. The minimum Gasteiger partial charge on any atom is -0.481 e. The van der Waals surface area contributed by atoms with Crippen molar-refractivity contribution in [2.24, 2.45) is 0 Å². The van der Waals surface area contributed by atoms with Crippen molar-refractivity contribution in [3.8, 4) is 0 Å². The highest BCUT2D eigenvalue weighted by molar-refractivity contribution is 5.67. The predicted octanol–water partition coefficient (Wildman–Crippen LogP) is 14.8. The van der Waals surface area contributed by atoms with Crippen molar-refractivity contribution in [2.75, 3.05) is 0 Å². The first-order valence-electron chi connectivity index (χ1n) is 22.5. The summed E-state index contributed by atoms with van der Waals surface area (Å²) in [6.07, 6.45) is 42.4. The lowest BCUT2D eigenvalue weighted by atomic mass is 10.0. The second-order valence-corrected chi connectivity index (χ2v) is 14.8. The van der Waals surface area contributed by atoms with E-state index in [1.807, 2.05) is 0 Å². The van der Waals surface area contributed by atoms with Crippen LogP contribution in [0, 0.1) is 0 Å². The Labute approximate surface area is 328 Å². The van der Waals surface area contributed by atoms with E-state index in [0.717, 1.165) is 57.8 Å². The molecule has 0 spiro atoms. The Morgan fingerprint density at radius 1 is 0.226 bits per heavy atom. The van der Waals surface area contributed by atoms with Crippen molar-refractivity contribution < 1.29 is 39.6 Å². The molecule has 0 aromatic carbocycles. The van der Waals surface area contributed by atoms with Gasteiger partial charge in [0, 0.05) is 25.7 Å². The fourth-order valence-corrected chi connectivity index (χ4v) is 5.82. The molecule has 0 aliphatic heterocycles. The highest BCUT2D eigenvalue weighted by atomic mass is 16.4. The molecule has 8 nitrogen and oxygen atoms in total. The van der Waals surface area contributed by atoms with Crippen molar-refractivity contribution in [3.63, 3.8) is 0 Å². The fraction of sp³-hybridized carbons (Fsp3) is 0.911. The van der Waals surface area contributed by atoms with Crippen molar-refractivity contribution in [1.29, 1.82) is 0 Å². The largest absolute Gasteiger partial charge is 0.481 e. The molecule has 0 aliphatic carbocycles. The monoisotopic (exact) mass is 759 g/mol. The zero-order valence-electron chi connectivity index (χ0n) is 35.6. The van der Waals surface area contributed by atoms with Gasteiger partial charge in [-0.2, -0.15) is 0 Å². The van der Waals surface area contributed by atoms with E-state index >= 15 is 0 Å². The van der Waals surface area contributed by atoms with Crippen LogP contribution >= 0.6 is 0 Å². The molecule has 4 N–H and O–H groups in total. The Bertz CT molecular complexity index is 716. The zero-order valence-corrected chi connectivity index (χ0v) is 35.6. The molecule has 0 unspecified atom stereocenters. The normalized spacial score (nSPS) is 10.3. The third-order valence-electron chi connectivity index (χ3n) is 9.23. The van der Waals surface area contributed by atoms with Gasteiger partial charge in [0.1, 0.15) is 0 Å². The lowest BCUT2D eigenvalue weighted by Gasteiger charge is -2.03. The minimum absolute atomic E-state index is 0.333. The van der Waals surface area contributed by atoms with Gasteiger partial charge >= 0.3 is 23.9 Å². The Morgan fingerprint density at radius 3 is 0.472 bits per heavy atom. The van der Waals surface area contributed by atoms with E-state index in [1.165, 1.54) is 154 Å². The Hall–Kier alpha value is -2.12. The summed E-state index contributed by atoms with van der Waals surface area (Å²) in [4.78, 5) is 40.4. The van der Waals surface area contributed by atoms with Crippen LogP contribution in [0.3, 0.4) is 0 Å². The Balaban J connectivity index is -0.000000341. The molecule has 0 saturated heterocycles. The molecule has 0 fully saturated rings. The van der Waals surface area contributed by atoms with E-state index in [1.54, 1.807) is 0 Å². The fourth-order valence-electron chi connectivity index (χ4n) is 5.82. The van der Waals surface area contributed by atoms with E-state index in [-0.39, 0.29) is 0 Å². The third kappa shape index (κ3) is 75.6. The summed E-state index contributed by atoms with van der Waals surface area (Å²) < 4.78 is 0. The van der Waals surface area contributed by atoms with Gasteiger partial charge in [-0.05, 0) is 25.7 Å². The number of hydrogen-bond donors (Lipinski definition) is 4. The van der Waals surface area contributed by atoms with Gasteiger partial charge in [0.05, 0.1) is 0 Å². The maximum absolute atomic E-state index is 10.4. The second kappa shape index (κ2) is 54.2. The smallest absolute Gasteiger partial charge is 0.303 e. The van der Waals surface area contributed by atoms with Crippen molar-refractivity contribution in [1.82, 2.24) is 0 Å². The molecule has 0 heterocycles. The minimum atomic E-state index is -0.675. The molecule has 0 aromatic rings. The molecule has 0 rings (SSSR count). The van der Waals surface area contributed by atoms with Gasteiger partial charge < -0.3 is 20.4 Å². The van der Waals surface area contributed by atoms with Gasteiger partial charge in [-0.25, -0.2) is 0 Å². The van der Waals surface area contributed by atoms with Crippen LogP contribution < -0.4 is 0 Å². The maximum atomic E-state index is 10.4. The Kier molecular flexibility index (Phi) is 58.9. The highest BCUT2D eigenvalue weighted by Gasteiger charge is 1.99. The number of hydrogen-bond acceptors (Lipinski definition) is 4. The molecule has 0 aliphatic rings. The van der Waals surface area contributed by atoms with Gasteiger partial charge in [0.15, 0.2) is 0 Å². The first-order chi connectivity index (χ1) is 25.6. The number of carboxylic acid groups (broad SMARTS) is 4. The Morgan fingerprint density at radius 2 is 0.340 bits per heavy atom. The maximum Gasteiger partial charge on any atom is 0.303 e. The van der Waals surface area contributed by atoms with E-state index in [9.17, 15) is 19.2 Å². The lowest BCUT2D eigenvalue weighted by Crippen LogP contribution is -1.93. The van der Waals surface area contributed by atoms with Crippen LogP contribution in [-0.2, 0) is 19.2 Å². The summed E-state index contributed by atoms with van der Waals surface area (Å²) in [5.74, 6) is -2.67. The molecule has 0 amide bonds. The SMILES string of the molecule is CCCCCCC(=O)O.CCCCCCCC(=O)O.CCCCCCCC(=O)O.CCCCCCCCCCCCCCCCCCCCCC(=O)O. The summed E-state index contributed by atoms with van der Waals surface area (Å²) in [5, 5.41) is 33.3. The van der Waals surface area contributed by atoms with Gasteiger partial charge in [0.25, 0.3) is 0 Å². The number of carbonyl (C=O) groups is 4. The van der Waals surface area contributed by atoms with Crippen LogP contribution in [0.2, 0.25) is 0 Å². The van der Waals surface area contributed by atoms with Crippen molar-refractivity contribution in [3.05, 3.63) is 0 Å². The quantitative estimate of drug-likeness (QED) is 0.0457. The molecule has 318 valence electrons.